The third-order valence-electron chi connectivity index (χ3n) is 3.14. The minimum absolute atomic E-state index is 0.0579. The van der Waals surface area contributed by atoms with Gasteiger partial charge in [0, 0.05) is 13.0 Å². The number of carbonyl (C=O) groups excluding carboxylic acids is 1. The fourth-order valence-electron chi connectivity index (χ4n) is 1.75. The Morgan fingerprint density at radius 3 is 1.62 bits per heavy atom. The van der Waals surface area contributed by atoms with Gasteiger partial charge in [-0.2, -0.15) is 39.5 Å². The molecule has 166 valence electrons. The van der Waals surface area contributed by atoms with E-state index in [1.54, 1.807) is 0 Å². The zero-order valence-electron chi connectivity index (χ0n) is 14.7. The van der Waals surface area contributed by atoms with Crippen LogP contribution in [0.15, 0.2) is 18.2 Å². The fourth-order valence-corrected chi connectivity index (χ4v) is 1.75. The van der Waals surface area contributed by atoms with Crippen molar-refractivity contribution in [1.29, 1.82) is 0 Å². The van der Waals surface area contributed by atoms with Gasteiger partial charge in [-0.15, -0.1) is 0 Å². The van der Waals surface area contributed by atoms with Gasteiger partial charge >= 0.3 is 24.5 Å². The number of benzene rings is 1. The van der Waals surface area contributed by atoms with Crippen LogP contribution in [-0.2, 0) is 28.5 Å². The number of unbranched alkanes of at least 4 members (excludes halogenated alkanes) is 1. The number of hydrogen-bond donors (Lipinski definition) is 2. The first-order valence-electron chi connectivity index (χ1n) is 7.83. The molecule has 0 radical (unpaired) electrons. The first-order valence-corrected chi connectivity index (χ1v) is 7.83. The summed E-state index contributed by atoms with van der Waals surface area (Å²) in [7, 11) is 0. The number of halogens is 9. The molecule has 0 aliphatic rings. The second kappa shape index (κ2) is 10.3. The minimum atomic E-state index is -5.08. The lowest BCUT2D eigenvalue weighted by Crippen LogP contribution is -2.23. The third kappa shape index (κ3) is 10.6. The summed E-state index contributed by atoms with van der Waals surface area (Å²) in [6.07, 6.45) is -13.3. The topological polar surface area (TPSA) is 66.4 Å². The van der Waals surface area contributed by atoms with Crippen molar-refractivity contribution in [2.45, 2.75) is 51.3 Å². The lowest BCUT2D eigenvalue weighted by atomic mass is 10.0. The standard InChI is InChI=1S/C14H15F6NO.C2HF3O2/c1-2-3-4-12(22)21-8-9-5-10(13(15,16)17)7-11(6-9)14(18,19)20;3-2(4,5)1(6)7/h5-7H,2-4,8H2,1H3,(H,21,22);(H,6,7). The molecule has 0 fully saturated rings. The van der Waals surface area contributed by atoms with Crippen LogP contribution in [0.1, 0.15) is 42.9 Å². The average molecular weight is 441 g/mol. The van der Waals surface area contributed by atoms with E-state index in [1.165, 1.54) is 0 Å². The van der Waals surface area contributed by atoms with Crippen LogP contribution in [0.3, 0.4) is 0 Å². The van der Waals surface area contributed by atoms with E-state index in [1.807, 2.05) is 6.92 Å². The second-order valence-electron chi connectivity index (χ2n) is 5.60. The first-order chi connectivity index (χ1) is 13.0. The number of carboxylic acids is 1. The maximum Gasteiger partial charge on any atom is 0.490 e. The van der Waals surface area contributed by atoms with E-state index in [2.05, 4.69) is 5.32 Å². The molecule has 0 heterocycles. The van der Waals surface area contributed by atoms with E-state index < -0.39 is 41.5 Å². The Kier molecular flexibility index (Phi) is 9.47. The monoisotopic (exact) mass is 441 g/mol. The quantitative estimate of drug-likeness (QED) is 0.621. The zero-order chi connectivity index (χ0) is 23.0. The number of rotatable bonds is 5. The summed E-state index contributed by atoms with van der Waals surface area (Å²) in [4.78, 5) is 20.3. The predicted molar refractivity (Wildman–Crippen MR) is 81.5 cm³/mol. The number of nitrogens with one attached hydrogen (secondary N) is 1. The summed E-state index contributed by atoms with van der Waals surface area (Å²) < 4.78 is 108. The van der Waals surface area contributed by atoms with Crippen molar-refractivity contribution in [3.8, 4) is 0 Å². The normalized spacial score (nSPS) is 12.1. The van der Waals surface area contributed by atoms with Crippen LogP contribution in [0, 0.1) is 0 Å². The van der Waals surface area contributed by atoms with Crippen LogP contribution in [0.25, 0.3) is 0 Å². The van der Waals surface area contributed by atoms with Gasteiger partial charge in [0.1, 0.15) is 0 Å². The Bertz CT molecular complexity index is 662. The molecule has 0 aromatic heterocycles. The molecule has 0 aliphatic heterocycles. The van der Waals surface area contributed by atoms with Gasteiger partial charge < -0.3 is 10.4 Å². The third-order valence-corrected chi connectivity index (χ3v) is 3.14. The van der Waals surface area contributed by atoms with Crippen LogP contribution < -0.4 is 5.32 Å². The molecule has 0 atom stereocenters. The summed E-state index contributed by atoms with van der Waals surface area (Å²) in [5.74, 6) is -3.17. The molecule has 2 N–H and O–H groups in total. The van der Waals surface area contributed by atoms with Crippen LogP contribution in [0.4, 0.5) is 39.5 Å². The molecule has 0 spiro atoms. The molecule has 29 heavy (non-hydrogen) atoms. The smallest absolute Gasteiger partial charge is 0.475 e. The lowest BCUT2D eigenvalue weighted by Gasteiger charge is -2.14. The zero-order valence-corrected chi connectivity index (χ0v) is 14.7. The predicted octanol–water partition coefficient (Wildman–Crippen LogP) is 5.16. The highest BCUT2D eigenvalue weighted by Gasteiger charge is 2.38. The summed E-state index contributed by atoms with van der Waals surface area (Å²) >= 11 is 0. The highest BCUT2D eigenvalue weighted by Crippen LogP contribution is 2.36. The van der Waals surface area contributed by atoms with Crippen molar-refractivity contribution >= 4 is 11.9 Å². The molecule has 13 heteroatoms. The number of carbonyl (C=O) groups is 2. The largest absolute Gasteiger partial charge is 0.490 e. The molecule has 4 nitrogen and oxygen atoms in total. The highest BCUT2D eigenvalue weighted by molar-refractivity contribution is 5.75. The van der Waals surface area contributed by atoms with Gasteiger partial charge in [-0.3, -0.25) is 4.79 Å². The summed E-state index contributed by atoms with van der Waals surface area (Å²) in [5, 5.41) is 9.44. The van der Waals surface area contributed by atoms with Crippen LogP contribution in [0.5, 0.6) is 0 Å². The van der Waals surface area contributed by atoms with Crippen molar-refractivity contribution in [1.82, 2.24) is 5.32 Å². The number of amides is 1. The molecule has 0 saturated carbocycles. The number of aliphatic carboxylic acids is 1. The van der Waals surface area contributed by atoms with Crippen molar-refractivity contribution in [3.63, 3.8) is 0 Å². The van der Waals surface area contributed by atoms with Crippen molar-refractivity contribution < 1.29 is 54.2 Å². The van der Waals surface area contributed by atoms with E-state index in [-0.39, 0.29) is 24.6 Å². The highest BCUT2D eigenvalue weighted by atomic mass is 19.4. The molecule has 1 aromatic carbocycles. The Balaban J connectivity index is 0.000000956. The Morgan fingerprint density at radius 2 is 1.31 bits per heavy atom. The van der Waals surface area contributed by atoms with Crippen LogP contribution in [-0.4, -0.2) is 23.2 Å². The maximum atomic E-state index is 12.6. The van der Waals surface area contributed by atoms with Gasteiger partial charge in [0.05, 0.1) is 11.1 Å². The van der Waals surface area contributed by atoms with E-state index in [9.17, 15) is 44.3 Å². The molecule has 1 amide bonds. The number of hydrogen-bond acceptors (Lipinski definition) is 2. The summed E-state index contributed by atoms with van der Waals surface area (Å²) in [6.45, 7) is 1.48. The van der Waals surface area contributed by atoms with E-state index in [0.717, 1.165) is 6.42 Å². The second-order valence-corrected chi connectivity index (χ2v) is 5.60. The van der Waals surface area contributed by atoms with Gasteiger partial charge in [-0.05, 0) is 30.2 Å². The fraction of sp³-hybridized carbons (Fsp3) is 0.500. The van der Waals surface area contributed by atoms with E-state index in [0.29, 0.717) is 18.6 Å². The SMILES string of the molecule is CCCCC(=O)NCc1cc(C(F)(F)F)cc(C(F)(F)F)c1.O=C(O)C(F)(F)F. The van der Waals surface area contributed by atoms with Crippen molar-refractivity contribution in [3.05, 3.63) is 34.9 Å². The number of alkyl halides is 9. The molecule has 0 saturated heterocycles. The molecule has 0 bridgehead atoms. The maximum absolute atomic E-state index is 12.6. The Hall–Kier alpha value is -2.47. The molecular formula is C16H16F9NO3. The van der Waals surface area contributed by atoms with Gasteiger partial charge in [-0.1, -0.05) is 13.3 Å². The lowest BCUT2D eigenvalue weighted by molar-refractivity contribution is -0.192. The molecular weight excluding hydrogens is 425 g/mol. The number of carboxylic acid groups (broad SMARTS) is 1. The molecule has 1 aromatic rings. The molecule has 0 unspecified atom stereocenters. The minimum Gasteiger partial charge on any atom is -0.475 e. The Labute approximate surface area is 158 Å². The summed E-state index contributed by atoms with van der Waals surface area (Å²) in [6, 6.07) is 1.27. The first kappa shape index (κ1) is 26.5. The van der Waals surface area contributed by atoms with Crippen molar-refractivity contribution in [2.75, 3.05) is 0 Å². The van der Waals surface area contributed by atoms with Gasteiger partial charge in [0.15, 0.2) is 0 Å². The average Bonchev–Trinajstić information content (AvgIpc) is 2.56. The Morgan fingerprint density at radius 1 is 0.897 bits per heavy atom. The van der Waals surface area contributed by atoms with Gasteiger partial charge in [-0.25, -0.2) is 4.79 Å². The van der Waals surface area contributed by atoms with Crippen LogP contribution in [0.2, 0.25) is 0 Å². The van der Waals surface area contributed by atoms with Crippen LogP contribution >= 0.6 is 0 Å². The van der Waals surface area contributed by atoms with Crippen molar-refractivity contribution in [2.24, 2.45) is 0 Å². The van der Waals surface area contributed by atoms with Gasteiger partial charge in [0.25, 0.3) is 0 Å². The van der Waals surface area contributed by atoms with E-state index >= 15 is 0 Å². The summed E-state index contributed by atoms with van der Waals surface area (Å²) in [5.41, 5.74) is -3.02. The molecule has 1 rings (SSSR count). The molecule has 0 aliphatic carbocycles. The van der Waals surface area contributed by atoms with E-state index in [4.69, 9.17) is 9.90 Å². The van der Waals surface area contributed by atoms with Gasteiger partial charge in [0.2, 0.25) is 5.91 Å².